The summed E-state index contributed by atoms with van der Waals surface area (Å²) in [4.78, 5) is 32.9. The molecule has 2 N–H and O–H groups in total. The third-order valence-electron chi connectivity index (χ3n) is 5.90. The summed E-state index contributed by atoms with van der Waals surface area (Å²) in [5.41, 5.74) is 9.18. The van der Waals surface area contributed by atoms with Crippen molar-refractivity contribution in [3.8, 4) is 11.3 Å². The van der Waals surface area contributed by atoms with Crippen LogP contribution in [0.5, 0.6) is 0 Å². The Balaban J connectivity index is 1.90. The lowest BCUT2D eigenvalue weighted by Gasteiger charge is -2.19. The van der Waals surface area contributed by atoms with Gasteiger partial charge < -0.3 is 19.8 Å². The summed E-state index contributed by atoms with van der Waals surface area (Å²) in [5.74, 6) is 0.0501. The monoisotopic (exact) mass is 431 g/mol. The van der Waals surface area contributed by atoms with Crippen LogP contribution in [0.1, 0.15) is 20.3 Å². The van der Waals surface area contributed by atoms with Crippen LogP contribution in [0.2, 0.25) is 0 Å². The van der Waals surface area contributed by atoms with Crippen LogP contribution in [0.15, 0.2) is 59.5 Å². The van der Waals surface area contributed by atoms with E-state index in [9.17, 15) is 9.59 Å². The first-order valence-corrected chi connectivity index (χ1v) is 11.1. The molecule has 4 rings (SSSR count). The van der Waals surface area contributed by atoms with Crippen LogP contribution in [-0.2, 0) is 17.9 Å². The average molecular weight is 432 g/mol. The van der Waals surface area contributed by atoms with E-state index in [0.29, 0.717) is 38.3 Å². The number of aryl methyl sites for hydroxylation is 1. The number of nitrogens with two attached hydrogens (primary N) is 1. The number of nitrogens with zero attached hydrogens (tertiary/aromatic N) is 4. The predicted molar refractivity (Wildman–Crippen MR) is 129 cm³/mol. The van der Waals surface area contributed by atoms with E-state index in [1.54, 1.807) is 4.57 Å². The van der Waals surface area contributed by atoms with E-state index in [-0.39, 0.29) is 18.0 Å². The molecule has 4 aromatic rings. The quantitative estimate of drug-likeness (QED) is 0.464. The van der Waals surface area contributed by atoms with Crippen molar-refractivity contribution in [2.24, 2.45) is 5.73 Å². The number of carbonyl (C=O) groups excluding carboxylic acids is 1. The number of fused-ring (bicyclic) bond motifs is 2. The molecule has 0 bridgehead atoms. The van der Waals surface area contributed by atoms with Crippen molar-refractivity contribution in [1.82, 2.24) is 19.0 Å². The summed E-state index contributed by atoms with van der Waals surface area (Å²) in [6.45, 7) is 6.54. The number of amides is 1. The van der Waals surface area contributed by atoms with Gasteiger partial charge in [0.25, 0.3) is 5.56 Å². The summed E-state index contributed by atoms with van der Waals surface area (Å²) in [7, 11) is 0. The summed E-state index contributed by atoms with van der Waals surface area (Å²) >= 11 is 0. The normalized spacial score (nSPS) is 11.3. The van der Waals surface area contributed by atoms with Gasteiger partial charge in [-0.25, -0.2) is 4.98 Å². The minimum absolute atomic E-state index is 0.0501. The molecule has 0 aliphatic rings. The lowest BCUT2D eigenvalue weighted by atomic mass is 10.1. The minimum Gasteiger partial charge on any atom is -0.342 e. The molecule has 0 spiro atoms. The van der Waals surface area contributed by atoms with Gasteiger partial charge in [-0.3, -0.25) is 9.59 Å². The van der Waals surface area contributed by atoms with E-state index in [0.717, 1.165) is 27.5 Å². The number of likely N-dealkylation sites (N-methyl/N-ethyl adjacent to an activating group) is 1. The summed E-state index contributed by atoms with van der Waals surface area (Å²) in [6.07, 6.45) is 2.59. The summed E-state index contributed by atoms with van der Waals surface area (Å²) < 4.78 is 3.68. The molecular weight excluding hydrogens is 402 g/mol. The third-order valence-corrected chi connectivity index (χ3v) is 5.90. The molecule has 2 aromatic carbocycles. The fraction of sp³-hybridized carbons (Fsp3) is 0.320. The van der Waals surface area contributed by atoms with Crippen LogP contribution >= 0.6 is 0 Å². The van der Waals surface area contributed by atoms with Gasteiger partial charge in [0.2, 0.25) is 5.91 Å². The highest BCUT2D eigenvalue weighted by atomic mass is 16.2. The van der Waals surface area contributed by atoms with Gasteiger partial charge in [-0.2, -0.15) is 0 Å². The predicted octanol–water partition coefficient (Wildman–Crippen LogP) is 3.24. The first kappa shape index (κ1) is 21.8. The van der Waals surface area contributed by atoms with Gasteiger partial charge in [-0.1, -0.05) is 30.3 Å². The second-order valence-corrected chi connectivity index (χ2v) is 7.80. The zero-order valence-electron chi connectivity index (χ0n) is 18.6. The molecule has 0 fully saturated rings. The maximum atomic E-state index is 13.5. The molecule has 0 saturated carbocycles. The lowest BCUT2D eigenvalue weighted by molar-refractivity contribution is -0.131. The summed E-state index contributed by atoms with van der Waals surface area (Å²) in [5, 5.41) is 0.908. The zero-order valence-corrected chi connectivity index (χ0v) is 18.6. The molecule has 32 heavy (non-hydrogen) atoms. The van der Waals surface area contributed by atoms with Crippen LogP contribution in [-0.4, -0.2) is 44.6 Å². The molecule has 7 heteroatoms. The Morgan fingerprint density at radius 3 is 2.44 bits per heavy atom. The number of rotatable bonds is 8. The first-order valence-electron chi connectivity index (χ1n) is 11.1. The average Bonchev–Trinajstić information content (AvgIpc) is 3.17. The van der Waals surface area contributed by atoms with E-state index in [2.05, 4.69) is 0 Å². The van der Waals surface area contributed by atoms with Crippen molar-refractivity contribution in [3.63, 3.8) is 0 Å². The van der Waals surface area contributed by atoms with Gasteiger partial charge in [0.1, 0.15) is 12.2 Å². The van der Waals surface area contributed by atoms with E-state index in [1.165, 1.54) is 0 Å². The van der Waals surface area contributed by atoms with Crippen molar-refractivity contribution in [2.45, 2.75) is 33.4 Å². The Labute approximate surface area is 187 Å². The molecule has 166 valence electrons. The van der Waals surface area contributed by atoms with Crippen LogP contribution in [0.25, 0.3) is 33.2 Å². The van der Waals surface area contributed by atoms with E-state index >= 15 is 0 Å². The van der Waals surface area contributed by atoms with E-state index < -0.39 is 0 Å². The zero-order chi connectivity index (χ0) is 22.7. The molecule has 0 aliphatic heterocycles. The molecule has 0 saturated heterocycles. The second-order valence-electron chi connectivity index (χ2n) is 7.80. The number of hydrogen-bond acceptors (Lipinski definition) is 4. The fourth-order valence-electron chi connectivity index (χ4n) is 4.23. The van der Waals surface area contributed by atoms with Gasteiger partial charge in [0, 0.05) is 42.3 Å². The molecule has 0 atom stereocenters. The second kappa shape index (κ2) is 9.36. The maximum Gasteiger partial charge on any atom is 0.277 e. The van der Waals surface area contributed by atoms with Crippen molar-refractivity contribution in [3.05, 3.63) is 65.1 Å². The van der Waals surface area contributed by atoms with Crippen LogP contribution < -0.4 is 11.3 Å². The number of carbonyl (C=O) groups is 1. The SMILES string of the molecule is CCN(CC)C(=O)Cn1cc(-c2nc3ccccc3n(CCCN)c2=O)c2ccccc21. The Morgan fingerprint density at radius 2 is 1.72 bits per heavy atom. The van der Waals surface area contributed by atoms with Crippen LogP contribution in [0, 0.1) is 0 Å². The van der Waals surface area contributed by atoms with Crippen molar-refractivity contribution in [2.75, 3.05) is 19.6 Å². The molecule has 2 aromatic heterocycles. The maximum absolute atomic E-state index is 13.5. The Hall–Kier alpha value is -3.45. The molecule has 0 radical (unpaired) electrons. The van der Waals surface area contributed by atoms with Gasteiger partial charge in [0.05, 0.1) is 11.0 Å². The molecule has 1 amide bonds. The van der Waals surface area contributed by atoms with Crippen LogP contribution in [0.3, 0.4) is 0 Å². The van der Waals surface area contributed by atoms with Crippen LogP contribution in [0.4, 0.5) is 0 Å². The first-order chi connectivity index (χ1) is 15.6. The van der Waals surface area contributed by atoms with Gasteiger partial charge in [0.15, 0.2) is 0 Å². The Bertz CT molecular complexity index is 1320. The highest BCUT2D eigenvalue weighted by Crippen LogP contribution is 2.29. The smallest absolute Gasteiger partial charge is 0.277 e. The van der Waals surface area contributed by atoms with Crippen molar-refractivity contribution >= 4 is 27.8 Å². The number of aromatic nitrogens is 3. The van der Waals surface area contributed by atoms with E-state index in [1.807, 2.05) is 78.0 Å². The third kappa shape index (κ3) is 3.91. The van der Waals surface area contributed by atoms with Crippen molar-refractivity contribution in [1.29, 1.82) is 0 Å². The molecular formula is C25H29N5O2. The molecule has 2 heterocycles. The Morgan fingerprint density at radius 1 is 1.03 bits per heavy atom. The topological polar surface area (TPSA) is 86.2 Å². The van der Waals surface area contributed by atoms with E-state index in [4.69, 9.17) is 10.7 Å². The highest BCUT2D eigenvalue weighted by Gasteiger charge is 2.19. The summed E-state index contributed by atoms with van der Waals surface area (Å²) in [6, 6.07) is 15.5. The standard InChI is InChI=1S/C25H29N5O2/c1-3-28(4-2)23(31)17-29-16-19(18-10-5-7-12-21(18)29)24-25(32)30(15-9-14-26)22-13-8-6-11-20(22)27-24/h5-8,10-13,16H,3-4,9,14-15,17,26H2,1-2H3. The minimum atomic E-state index is -0.143. The number of hydrogen-bond donors (Lipinski definition) is 1. The van der Waals surface area contributed by atoms with Gasteiger partial charge in [-0.15, -0.1) is 0 Å². The molecule has 0 unspecified atom stereocenters. The molecule has 7 nitrogen and oxygen atoms in total. The highest BCUT2D eigenvalue weighted by molar-refractivity contribution is 5.96. The fourth-order valence-corrected chi connectivity index (χ4v) is 4.23. The van der Waals surface area contributed by atoms with Crippen molar-refractivity contribution < 1.29 is 4.79 Å². The number of para-hydroxylation sites is 3. The molecule has 0 aliphatic carbocycles. The van der Waals surface area contributed by atoms with Gasteiger partial charge >= 0.3 is 0 Å². The largest absolute Gasteiger partial charge is 0.342 e. The number of benzene rings is 2. The Kier molecular flexibility index (Phi) is 6.37. The van der Waals surface area contributed by atoms with Gasteiger partial charge in [-0.05, 0) is 45.0 Å². The lowest BCUT2D eigenvalue weighted by Crippen LogP contribution is -2.33.